The van der Waals surface area contributed by atoms with Crippen LogP contribution in [-0.4, -0.2) is 24.5 Å². The first-order chi connectivity index (χ1) is 8.11. The molecule has 2 unspecified atom stereocenters. The highest BCUT2D eigenvalue weighted by atomic mass is 32.1. The first-order valence-electron chi connectivity index (χ1n) is 6.17. The van der Waals surface area contributed by atoms with Gasteiger partial charge in [-0.05, 0) is 31.8 Å². The SMILES string of the molecule is CCNC(C)CC(=O)NC(C)Cc1cccs1. The van der Waals surface area contributed by atoms with Crippen molar-refractivity contribution in [3.63, 3.8) is 0 Å². The van der Waals surface area contributed by atoms with E-state index >= 15 is 0 Å². The minimum atomic E-state index is 0.127. The van der Waals surface area contributed by atoms with E-state index in [0.29, 0.717) is 6.42 Å². The fourth-order valence-corrected chi connectivity index (χ4v) is 2.65. The molecular weight excluding hydrogens is 232 g/mol. The van der Waals surface area contributed by atoms with Crippen molar-refractivity contribution in [3.8, 4) is 0 Å². The van der Waals surface area contributed by atoms with Crippen LogP contribution in [0.5, 0.6) is 0 Å². The molecule has 4 heteroatoms. The summed E-state index contributed by atoms with van der Waals surface area (Å²) in [5.74, 6) is 0.127. The van der Waals surface area contributed by atoms with Crippen molar-refractivity contribution in [2.24, 2.45) is 0 Å². The summed E-state index contributed by atoms with van der Waals surface area (Å²) < 4.78 is 0. The van der Waals surface area contributed by atoms with Crippen LogP contribution >= 0.6 is 11.3 Å². The fourth-order valence-electron chi connectivity index (χ4n) is 1.81. The second-order valence-corrected chi connectivity index (χ2v) is 5.45. The van der Waals surface area contributed by atoms with Gasteiger partial charge in [-0.15, -0.1) is 11.3 Å². The monoisotopic (exact) mass is 254 g/mol. The van der Waals surface area contributed by atoms with Crippen LogP contribution in [0.15, 0.2) is 17.5 Å². The average molecular weight is 254 g/mol. The van der Waals surface area contributed by atoms with Gasteiger partial charge in [0.1, 0.15) is 0 Å². The minimum absolute atomic E-state index is 0.127. The van der Waals surface area contributed by atoms with Crippen molar-refractivity contribution >= 4 is 17.2 Å². The summed E-state index contributed by atoms with van der Waals surface area (Å²) in [6, 6.07) is 4.60. The van der Waals surface area contributed by atoms with Crippen molar-refractivity contribution in [1.29, 1.82) is 0 Å². The average Bonchev–Trinajstić information content (AvgIpc) is 2.69. The van der Waals surface area contributed by atoms with Crippen LogP contribution in [0.3, 0.4) is 0 Å². The standard InChI is InChI=1S/C13H22N2OS/c1-4-14-10(2)9-13(16)15-11(3)8-12-6-5-7-17-12/h5-7,10-11,14H,4,8-9H2,1-3H3,(H,15,16). The molecule has 0 fully saturated rings. The molecule has 0 spiro atoms. The Balaban J connectivity index is 2.26. The molecule has 3 nitrogen and oxygen atoms in total. The highest BCUT2D eigenvalue weighted by molar-refractivity contribution is 7.09. The molecule has 1 heterocycles. The lowest BCUT2D eigenvalue weighted by Gasteiger charge is -2.16. The Labute approximate surface area is 108 Å². The second-order valence-electron chi connectivity index (χ2n) is 4.41. The highest BCUT2D eigenvalue weighted by Crippen LogP contribution is 2.10. The number of amides is 1. The van der Waals surface area contributed by atoms with Crippen LogP contribution in [0.2, 0.25) is 0 Å². The third-order valence-corrected chi connectivity index (χ3v) is 3.44. The second kappa shape index (κ2) is 7.45. The molecule has 1 aromatic heterocycles. The topological polar surface area (TPSA) is 41.1 Å². The van der Waals surface area contributed by atoms with E-state index in [2.05, 4.69) is 29.0 Å². The molecule has 0 bridgehead atoms. The van der Waals surface area contributed by atoms with Gasteiger partial charge in [0.25, 0.3) is 0 Å². The third-order valence-electron chi connectivity index (χ3n) is 2.54. The van der Waals surface area contributed by atoms with Gasteiger partial charge in [-0.1, -0.05) is 13.0 Å². The number of carbonyl (C=O) groups is 1. The van der Waals surface area contributed by atoms with E-state index in [9.17, 15) is 4.79 Å². The summed E-state index contributed by atoms with van der Waals surface area (Å²) >= 11 is 1.74. The molecule has 0 aliphatic carbocycles. The molecule has 2 atom stereocenters. The Morgan fingerprint density at radius 3 is 2.76 bits per heavy atom. The molecule has 0 radical (unpaired) electrons. The molecule has 1 rings (SSSR count). The first kappa shape index (κ1) is 14.2. The Morgan fingerprint density at radius 2 is 2.18 bits per heavy atom. The van der Waals surface area contributed by atoms with Crippen molar-refractivity contribution in [2.45, 2.75) is 45.7 Å². The van der Waals surface area contributed by atoms with Crippen LogP contribution in [0.1, 0.15) is 32.1 Å². The molecular formula is C13H22N2OS. The van der Waals surface area contributed by atoms with Gasteiger partial charge in [-0.3, -0.25) is 4.79 Å². The third kappa shape index (κ3) is 5.84. The molecule has 2 N–H and O–H groups in total. The molecule has 96 valence electrons. The van der Waals surface area contributed by atoms with Crippen LogP contribution in [0, 0.1) is 0 Å². The largest absolute Gasteiger partial charge is 0.353 e. The van der Waals surface area contributed by atoms with Gasteiger partial charge >= 0.3 is 0 Å². The number of rotatable bonds is 7. The van der Waals surface area contributed by atoms with E-state index in [4.69, 9.17) is 0 Å². The smallest absolute Gasteiger partial charge is 0.221 e. The minimum Gasteiger partial charge on any atom is -0.353 e. The number of carbonyl (C=O) groups excluding carboxylic acids is 1. The summed E-state index contributed by atoms with van der Waals surface area (Å²) in [7, 11) is 0. The molecule has 0 aromatic carbocycles. The van der Waals surface area contributed by atoms with Crippen molar-refractivity contribution < 1.29 is 4.79 Å². The van der Waals surface area contributed by atoms with E-state index < -0.39 is 0 Å². The van der Waals surface area contributed by atoms with E-state index in [-0.39, 0.29) is 18.0 Å². The summed E-state index contributed by atoms with van der Waals surface area (Å²) in [6.07, 6.45) is 1.46. The molecule has 0 saturated carbocycles. The van der Waals surface area contributed by atoms with Gasteiger partial charge in [-0.25, -0.2) is 0 Å². The lowest BCUT2D eigenvalue weighted by atomic mass is 10.1. The van der Waals surface area contributed by atoms with Gasteiger partial charge in [-0.2, -0.15) is 0 Å². The zero-order valence-electron chi connectivity index (χ0n) is 10.8. The molecule has 0 saturated heterocycles. The van der Waals surface area contributed by atoms with Gasteiger partial charge in [0.2, 0.25) is 5.91 Å². The lowest BCUT2D eigenvalue weighted by Crippen LogP contribution is -2.38. The van der Waals surface area contributed by atoms with Crippen LogP contribution in [0.25, 0.3) is 0 Å². The predicted octanol–water partition coefficient (Wildman–Crippen LogP) is 2.18. The Kier molecular flexibility index (Phi) is 6.22. The van der Waals surface area contributed by atoms with Gasteiger partial charge in [0.15, 0.2) is 0 Å². The summed E-state index contributed by atoms with van der Waals surface area (Å²) in [4.78, 5) is 13.0. The quantitative estimate of drug-likeness (QED) is 0.783. The zero-order valence-corrected chi connectivity index (χ0v) is 11.6. The van der Waals surface area contributed by atoms with Crippen molar-refractivity contribution in [3.05, 3.63) is 22.4 Å². The molecule has 1 amide bonds. The molecule has 17 heavy (non-hydrogen) atoms. The Bertz CT molecular complexity index is 324. The number of thiophene rings is 1. The fraction of sp³-hybridized carbons (Fsp3) is 0.615. The maximum atomic E-state index is 11.7. The normalized spacial score (nSPS) is 14.3. The Hall–Kier alpha value is -0.870. The number of hydrogen-bond donors (Lipinski definition) is 2. The van der Waals surface area contributed by atoms with Gasteiger partial charge in [0.05, 0.1) is 0 Å². The van der Waals surface area contributed by atoms with Crippen LogP contribution in [0.4, 0.5) is 0 Å². The lowest BCUT2D eigenvalue weighted by molar-refractivity contribution is -0.122. The number of hydrogen-bond acceptors (Lipinski definition) is 3. The predicted molar refractivity (Wildman–Crippen MR) is 73.4 cm³/mol. The van der Waals surface area contributed by atoms with E-state index in [1.807, 2.05) is 19.9 Å². The van der Waals surface area contributed by atoms with Gasteiger partial charge < -0.3 is 10.6 Å². The van der Waals surface area contributed by atoms with E-state index in [1.165, 1.54) is 4.88 Å². The van der Waals surface area contributed by atoms with Crippen molar-refractivity contribution in [1.82, 2.24) is 10.6 Å². The van der Waals surface area contributed by atoms with Gasteiger partial charge in [0, 0.05) is 29.8 Å². The van der Waals surface area contributed by atoms with Crippen LogP contribution in [-0.2, 0) is 11.2 Å². The number of nitrogens with one attached hydrogen (secondary N) is 2. The first-order valence-corrected chi connectivity index (χ1v) is 7.05. The van der Waals surface area contributed by atoms with E-state index in [0.717, 1.165) is 13.0 Å². The summed E-state index contributed by atoms with van der Waals surface area (Å²) in [6.45, 7) is 7.04. The Morgan fingerprint density at radius 1 is 1.41 bits per heavy atom. The van der Waals surface area contributed by atoms with Crippen molar-refractivity contribution in [2.75, 3.05) is 6.54 Å². The molecule has 1 aromatic rings. The maximum Gasteiger partial charge on any atom is 0.221 e. The summed E-state index contributed by atoms with van der Waals surface area (Å²) in [5.41, 5.74) is 0. The summed E-state index contributed by atoms with van der Waals surface area (Å²) in [5, 5.41) is 8.34. The van der Waals surface area contributed by atoms with Crippen LogP contribution < -0.4 is 10.6 Å². The highest BCUT2D eigenvalue weighted by Gasteiger charge is 2.11. The van der Waals surface area contributed by atoms with E-state index in [1.54, 1.807) is 11.3 Å². The zero-order chi connectivity index (χ0) is 12.7. The maximum absolute atomic E-state index is 11.7. The molecule has 0 aliphatic heterocycles. The molecule has 0 aliphatic rings.